The molecule has 0 atom stereocenters. The highest BCUT2D eigenvalue weighted by molar-refractivity contribution is 5.52. The van der Waals surface area contributed by atoms with Gasteiger partial charge in [0, 0.05) is 19.3 Å². The summed E-state index contributed by atoms with van der Waals surface area (Å²) in [6.07, 6.45) is 0. The molecule has 0 saturated carbocycles. The van der Waals surface area contributed by atoms with Crippen molar-refractivity contribution in [2.24, 2.45) is 10.2 Å². The van der Waals surface area contributed by atoms with Gasteiger partial charge in [-0.3, -0.25) is 0 Å². The summed E-state index contributed by atoms with van der Waals surface area (Å²) in [4.78, 5) is 2.12. The SMILES string of the molecule is COc1ccc(N=Nc2ccc(N(C)CCOCCOCCOCCO)cc2)cc1. The van der Waals surface area contributed by atoms with Gasteiger partial charge in [0.25, 0.3) is 0 Å². The van der Waals surface area contributed by atoms with Crippen LogP contribution in [0.4, 0.5) is 17.1 Å². The zero-order valence-corrected chi connectivity index (χ0v) is 17.7. The molecule has 164 valence electrons. The molecule has 0 spiro atoms. The van der Waals surface area contributed by atoms with Crippen molar-refractivity contribution in [2.75, 3.05) is 71.9 Å². The van der Waals surface area contributed by atoms with Crippen LogP contribution in [0.25, 0.3) is 0 Å². The normalized spacial score (nSPS) is 11.2. The van der Waals surface area contributed by atoms with Gasteiger partial charge >= 0.3 is 0 Å². The molecule has 2 aromatic rings. The Kier molecular flexibility index (Phi) is 11.5. The standard InChI is InChI=1S/C22H31N3O5/c1-25(11-13-28-15-17-30-18-16-29-14-12-26)21-7-3-19(4-8-21)23-24-20-5-9-22(27-2)10-6-20/h3-10,26H,11-18H2,1-2H3. The number of rotatable bonds is 15. The second-order valence-corrected chi connectivity index (χ2v) is 6.40. The first-order chi connectivity index (χ1) is 14.7. The van der Waals surface area contributed by atoms with Crippen LogP contribution in [-0.4, -0.2) is 72.1 Å². The lowest BCUT2D eigenvalue weighted by atomic mass is 10.2. The zero-order chi connectivity index (χ0) is 21.4. The number of likely N-dealkylation sites (N-methyl/N-ethyl adjacent to an activating group) is 1. The van der Waals surface area contributed by atoms with Crippen LogP contribution in [0, 0.1) is 0 Å². The quantitative estimate of drug-likeness (QED) is 0.352. The molecular weight excluding hydrogens is 386 g/mol. The van der Waals surface area contributed by atoms with Crippen molar-refractivity contribution >= 4 is 17.1 Å². The lowest BCUT2D eigenvalue weighted by molar-refractivity contribution is 0.00881. The van der Waals surface area contributed by atoms with Crippen molar-refractivity contribution in [3.05, 3.63) is 48.5 Å². The Morgan fingerprint density at radius 2 is 1.23 bits per heavy atom. The van der Waals surface area contributed by atoms with E-state index in [2.05, 4.69) is 15.1 Å². The fourth-order valence-electron chi connectivity index (χ4n) is 2.48. The molecule has 2 rings (SSSR count). The first kappa shape index (κ1) is 23.8. The summed E-state index contributed by atoms with van der Waals surface area (Å²) in [6.45, 7) is 3.82. The van der Waals surface area contributed by atoms with E-state index in [-0.39, 0.29) is 6.61 Å². The van der Waals surface area contributed by atoms with Gasteiger partial charge in [-0.25, -0.2) is 0 Å². The number of nitrogens with zero attached hydrogens (tertiary/aromatic N) is 3. The molecule has 0 aromatic heterocycles. The van der Waals surface area contributed by atoms with Crippen LogP contribution in [0.15, 0.2) is 58.8 Å². The molecule has 8 heteroatoms. The van der Waals surface area contributed by atoms with Gasteiger partial charge in [-0.2, -0.15) is 10.2 Å². The van der Waals surface area contributed by atoms with Gasteiger partial charge in [0.2, 0.25) is 0 Å². The van der Waals surface area contributed by atoms with Gasteiger partial charge < -0.3 is 29.0 Å². The highest BCUT2D eigenvalue weighted by atomic mass is 16.5. The maximum absolute atomic E-state index is 8.59. The number of hydrogen-bond donors (Lipinski definition) is 1. The number of hydrogen-bond acceptors (Lipinski definition) is 8. The minimum atomic E-state index is 0.0349. The fourth-order valence-corrected chi connectivity index (χ4v) is 2.48. The van der Waals surface area contributed by atoms with Gasteiger partial charge in [-0.1, -0.05) is 0 Å². The van der Waals surface area contributed by atoms with E-state index in [0.29, 0.717) is 39.6 Å². The molecule has 0 radical (unpaired) electrons. The van der Waals surface area contributed by atoms with E-state index in [0.717, 1.165) is 29.4 Å². The number of aliphatic hydroxyl groups excluding tert-OH is 1. The molecule has 0 unspecified atom stereocenters. The molecule has 0 aliphatic carbocycles. The van der Waals surface area contributed by atoms with E-state index in [4.69, 9.17) is 24.1 Å². The predicted octanol–water partition coefficient (Wildman–Crippen LogP) is 3.59. The molecule has 2 aromatic carbocycles. The first-order valence-corrected chi connectivity index (χ1v) is 9.94. The van der Waals surface area contributed by atoms with E-state index in [1.165, 1.54) is 0 Å². The molecule has 0 heterocycles. The Labute approximate surface area is 178 Å². The highest BCUT2D eigenvalue weighted by Crippen LogP contribution is 2.23. The van der Waals surface area contributed by atoms with Crippen LogP contribution in [0.3, 0.4) is 0 Å². The van der Waals surface area contributed by atoms with E-state index in [1.54, 1.807) is 7.11 Å². The predicted molar refractivity (Wildman–Crippen MR) is 116 cm³/mol. The van der Waals surface area contributed by atoms with Crippen molar-refractivity contribution in [3.63, 3.8) is 0 Å². The Hall–Kier alpha value is -2.52. The zero-order valence-electron chi connectivity index (χ0n) is 17.7. The van der Waals surface area contributed by atoms with E-state index in [1.807, 2.05) is 55.6 Å². The minimum Gasteiger partial charge on any atom is -0.497 e. The Bertz CT molecular complexity index is 723. The average molecular weight is 418 g/mol. The summed E-state index contributed by atoms with van der Waals surface area (Å²) in [5.41, 5.74) is 2.65. The summed E-state index contributed by atoms with van der Waals surface area (Å²) >= 11 is 0. The van der Waals surface area contributed by atoms with Crippen LogP contribution in [0.2, 0.25) is 0 Å². The molecule has 0 aliphatic rings. The third-order valence-corrected chi connectivity index (χ3v) is 4.19. The minimum absolute atomic E-state index is 0.0349. The molecule has 0 amide bonds. The second kappa shape index (κ2) is 14.5. The summed E-state index contributed by atoms with van der Waals surface area (Å²) < 4.78 is 21.2. The van der Waals surface area contributed by atoms with Gasteiger partial charge in [0.15, 0.2) is 0 Å². The van der Waals surface area contributed by atoms with E-state index in [9.17, 15) is 0 Å². The topological polar surface area (TPSA) is 85.1 Å². The average Bonchev–Trinajstić information content (AvgIpc) is 2.79. The third-order valence-electron chi connectivity index (χ3n) is 4.19. The monoisotopic (exact) mass is 417 g/mol. The smallest absolute Gasteiger partial charge is 0.119 e. The first-order valence-electron chi connectivity index (χ1n) is 9.94. The van der Waals surface area contributed by atoms with Crippen molar-refractivity contribution in [2.45, 2.75) is 0 Å². The van der Waals surface area contributed by atoms with Crippen molar-refractivity contribution in [1.82, 2.24) is 0 Å². The fraction of sp³-hybridized carbons (Fsp3) is 0.455. The number of benzene rings is 2. The molecule has 8 nitrogen and oxygen atoms in total. The summed E-state index contributed by atoms with van der Waals surface area (Å²) in [5.74, 6) is 0.793. The Morgan fingerprint density at radius 1 is 0.733 bits per heavy atom. The van der Waals surface area contributed by atoms with Gasteiger partial charge in [-0.15, -0.1) is 0 Å². The van der Waals surface area contributed by atoms with Crippen LogP contribution < -0.4 is 9.64 Å². The van der Waals surface area contributed by atoms with E-state index < -0.39 is 0 Å². The van der Waals surface area contributed by atoms with Gasteiger partial charge in [0.05, 0.1) is 64.7 Å². The van der Waals surface area contributed by atoms with Gasteiger partial charge in [0.1, 0.15) is 5.75 Å². The number of aliphatic hydroxyl groups is 1. The molecule has 0 saturated heterocycles. The number of methoxy groups -OCH3 is 1. The summed E-state index contributed by atoms with van der Waals surface area (Å²) in [6, 6.07) is 15.3. The second-order valence-electron chi connectivity index (χ2n) is 6.40. The van der Waals surface area contributed by atoms with Crippen LogP contribution in [-0.2, 0) is 14.2 Å². The number of anilines is 1. The molecule has 0 bridgehead atoms. The lowest BCUT2D eigenvalue weighted by Gasteiger charge is -2.19. The van der Waals surface area contributed by atoms with Crippen LogP contribution in [0.5, 0.6) is 5.75 Å². The number of ether oxygens (including phenoxy) is 4. The lowest BCUT2D eigenvalue weighted by Crippen LogP contribution is -2.23. The van der Waals surface area contributed by atoms with Crippen LogP contribution >= 0.6 is 0 Å². The highest BCUT2D eigenvalue weighted by Gasteiger charge is 2.01. The van der Waals surface area contributed by atoms with Crippen molar-refractivity contribution < 1.29 is 24.1 Å². The molecule has 0 aliphatic heterocycles. The van der Waals surface area contributed by atoms with Crippen LogP contribution in [0.1, 0.15) is 0 Å². The Balaban J connectivity index is 1.63. The summed E-state index contributed by atoms with van der Waals surface area (Å²) in [7, 11) is 3.65. The molecular formula is C22H31N3O5. The largest absolute Gasteiger partial charge is 0.497 e. The van der Waals surface area contributed by atoms with E-state index >= 15 is 0 Å². The molecule has 30 heavy (non-hydrogen) atoms. The van der Waals surface area contributed by atoms with Crippen molar-refractivity contribution in [1.29, 1.82) is 0 Å². The number of azo groups is 1. The Morgan fingerprint density at radius 3 is 1.77 bits per heavy atom. The maximum atomic E-state index is 8.59. The summed E-state index contributed by atoms with van der Waals surface area (Å²) in [5, 5.41) is 17.1. The third kappa shape index (κ3) is 9.32. The molecule has 1 N–H and O–H groups in total. The van der Waals surface area contributed by atoms with Crippen molar-refractivity contribution in [3.8, 4) is 5.75 Å². The van der Waals surface area contributed by atoms with Gasteiger partial charge in [-0.05, 0) is 48.5 Å². The molecule has 0 fully saturated rings. The maximum Gasteiger partial charge on any atom is 0.119 e.